The summed E-state index contributed by atoms with van der Waals surface area (Å²) in [6, 6.07) is 23.7. The van der Waals surface area contributed by atoms with E-state index in [1.807, 2.05) is 37.3 Å². The van der Waals surface area contributed by atoms with Crippen molar-refractivity contribution in [3.63, 3.8) is 0 Å². The molecule has 0 bridgehead atoms. The Bertz CT molecular complexity index is 1190. The van der Waals surface area contributed by atoms with Crippen LogP contribution in [0.5, 0.6) is 0 Å². The molecule has 0 N–H and O–H groups in total. The minimum absolute atomic E-state index is 0.106. The van der Waals surface area contributed by atoms with Crippen molar-refractivity contribution in [1.82, 2.24) is 4.90 Å². The van der Waals surface area contributed by atoms with Gasteiger partial charge in [-0.3, -0.25) is 9.10 Å². The predicted octanol–water partition coefficient (Wildman–Crippen LogP) is 3.78. The largest absolute Gasteiger partial charge is 0.368 e. The first kappa shape index (κ1) is 21.9. The zero-order valence-corrected chi connectivity index (χ0v) is 19.1. The zero-order valence-electron chi connectivity index (χ0n) is 18.3. The lowest BCUT2D eigenvalue weighted by molar-refractivity contribution is 0.0746. The second-order valence-electron chi connectivity index (χ2n) is 7.95. The Labute approximate surface area is 189 Å². The molecule has 1 aliphatic heterocycles. The van der Waals surface area contributed by atoms with Gasteiger partial charge in [0.05, 0.1) is 10.6 Å². The first-order valence-corrected chi connectivity index (χ1v) is 12.1. The number of amides is 1. The van der Waals surface area contributed by atoms with Gasteiger partial charge in [0.25, 0.3) is 15.9 Å². The van der Waals surface area contributed by atoms with Gasteiger partial charge < -0.3 is 9.80 Å². The van der Waals surface area contributed by atoms with Crippen LogP contribution in [0.25, 0.3) is 0 Å². The highest BCUT2D eigenvalue weighted by Gasteiger charge is 2.25. The predicted molar refractivity (Wildman–Crippen MR) is 128 cm³/mol. The Hall–Kier alpha value is -3.32. The lowest BCUT2D eigenvalue weighted by Gasteiger charge is -2.36. The lowest BCUT2D eigenvalue weighted by Crippen LogP contribution is -2.48. The van der Waals surface area contributed by atoms with Crippen molar-refractivity contribution < 1.29 is 13.2 Å². The maximum absolute atomic E-state index is 13.2. The number of anilines is 2. The summed E-state index contributed by atoms with van der Waals surface area (Å²) in [5, 5.41) is 0. The summed E-state index contributed by atoms with van der Waals surface area (Å²) in [6.45, 7) is 4.61. The molecule has 0 radical (unpaired) electrons. The van der Waals surface area contributed by atoms with Gasteiger partial charge in [0.15, 0.2) is 0 Å². The van der Waals surface area contributed by atoms with Crippen LogP contribution < -0.4 is 9.21 Å². The van der Waals surface area contributed by atoms with Gasteiger partial charge in [-0.05, 0) is 49.4 Å². The van der Waals surface area contributed by atoms with Crippen LogP contribution in [0.1, 0.15) is 15.9 Å². The molecule has 1 aliphatic rings. The van der Waals surface area contributed by atoms with Gasteiger partial charge in [-0.2, -0.15) is 0 Å². The van der Waals surface area contributed by atoms with Crippen molar-refractivity contribution in [2.75, 3.05) is 42.4 Å². The second-order valence-corrected chi connectivity index (χ2v) is 9.92. The summed E-state index contributed by atoms with van der Waals surface area (Å²) in [5.41, 5.74) is 3.16. The Kier molecular flexibility index (Phi) is 6.19. The molecule has 3 aromatic carbocycles. The number of carbonyl (C=O) groups is 1. The summed E-state index contributed by atoms with van der Waals surface area (Å²) >= 11 is 0. The average Bonchev–Trinajstić information content (AvgIpc) is 2.84. The van der Waals surface area contributed by atoms with Gasteiger partial charge >= 0.3 is 0 Å². The van der Waals surface area contributed by atoms with Gasteiger partial charge in [0.2, 0.25) is 0 Å². The van der Waals surface area contributed by atoms with E-state index in [2.05, 4.69) is 17.0 Å². The van der Waals surface area contributed by atoms with Crippen LogP contribution in [0.4, 0.5) is 11.4 Å². The highest BCUT2D eigenvalue weighted by atomic mass is 32.2. The molecular weight excluding hydrogens is 422 g/mol. The minimum atomic E-state index is -3.78. The molecular formula is C25H27N3O3S. The summed E-state index contributed by atoms with van der Waals surface area (Å²) in [5.74, 6) is -0.146. The molecule has 7 heteroatoms. The van der Waals surface area contributed by atoms with Gasteiger partial charge in [-0.15, -0.1) is 0 Å². The fraction of sp³-hybridized carbons (Fsp3) is 0.240. The Balaban J connectivity index is 1.49. The van der Waals surface area contributed by atoms with Crippen LogP contribution in [0.3, 0.4) is 0 Å². The van der Waals surface area contributed by atoms with Crippen molar-refractivity contribution in [2.24, 2.45) is 0 Å². The average molecular weight is 450 g/mol. The molecule has 1 heterocycles. The summed E-state index contributed by atoms with van der Waals surface area (Å²) < 4.78 is 27.6. The summed E-state index contributed by atoms with van der Waals surface area (Å²) in [7, 11) is -2.26. The van der Waals surface area contributed by atoms with Crippen molar-refractivity contribution in [2.45, 2.75) is 11.8 Å². The number of rotatable bonds is 5. The van der Waals surface area contributed by atoms with E-state index >= 15 is 0 Å². The highest BCUT2D eigenvalue weighted by molar-refractivity contribution is 7.92. The number of nitrogens with zero attached hydrogens (tertiary/aromatic N) is 3. The molecule has 0 aromatic heterocycles. The number of hydrogen-bond donors (Lipinski definition) is 0. The van der Waals surface area contributed by atoms with Crippen LogP contribution in [-0.2, 0) is 10.0 Å². The monoisotopic (exact) mass is 449 g/mol. The van der Waals surface area contributed by atoms with Gasteiger partial charge in [0.1, 0.15) is 0 Å². The molecule has 1 saturated heterocycles. The molecule has 6 nitrogen and oxygen atoms in total. The molecule has 0 unspecified atom stereocenters. The van der Waals surface area contributed by atoms with Crippen LogP contribution in [0.15, 0.2) is 83.8 Å². The maximum atomic E-state index is 13.2. The topological polar surface area (TPSA) is 60.9 Å². The fourth-order valence-electron chi connectivity index (χ4n) is 3.83. The standard InChI is InChI=1S/C25H27N3O3S/c1-20-11-13-22(14-12-20)26(2)32(30,31)24-10-6-7-21(19-24)25(29)28-17-15-27(16-18-28)23-8-4-3-5-9-23/h3-14,19H,15-18H2,1-2H3. The third-order valence-corrected chi connectivity index (χ3v) is 7.61. The first-order valence-electron chi connectivity index (χ1n) is 10.6. The minimum Gasteiger partial charge on any atom is -0.368 e. The number of aryl methyl sites for hydroxylation is 1. The molecule has 1 amide bonds. The Morgan fingerprint density at radius 3 is 2.16 bits per heavy atom. The smallest absolute Gasteiger partial charge is 0.264 e. The van der Waals surface area contributed by atoms with Gasteiger partial charge in [0, 0.05) is 44.5 Å². The van der Waals surface area contributed by atoms with E-state index in [9.17, 15) is 13.2 Å². The number of piperazine rings is 1. The SMILES string of the molecule is Cc1ccc(N(C)S(=O)(=O)c2cccc(C(=O)N3CCN(c4ccccc4)CC3)c2)cc1. The van der Waals surface area contributed by atoms with Crippen LogP contribution in [-0.4, -0.2) is 52.5 Å². The number of sulfonamides is 1. The van der Waals surface area contributed by atoms with Crippen molar-refractivity contribution in [3.8, 4) is 0 Å². The van der Waals surface area contributed by atoms with Crippen molar-refractivity contribution in [1.29, 1.82) is 0 Å². The van der Waals surface area contributed by atoms with Crippen LogP contribution >= 0.6 is 0 Å². The molecule has 32 heavy (non-hydrogen) atoms. The molecule has 0 aliphatic carbocycles. The first-order chi connectivity index (χ1) is 15.4. The second kappa shape index (κ2) is 9.04. The summed E-state index contributed by atoms with van der Waals surface area (Å²) in [6.07, 6.45) is 0. The third-order valence-electron chi connectivity index (χ3n) is 5.83. The van der Waals surface area contributed by atoms with Crippen LogP contribution in [0.2, 0.25) is 0 Å². The molecule has 0 atom stereocenters. The third kappa shape index (κ3) is 4.48. The van der Waals surface area contributed by atoms with E-state index in [1.54, 1.807) is 29.2 Å². The van der Waals surface area contributed by atoms with E-state index in [-0.39, 0.29) is 10.8 Å². The van der Waals surface area contributed by atoms with Gasteiger partial charge in [-0.25, -0.2) is 8.42 Å². The number of hydrogen-bond acceptors (Lipinski definition) is 4. The van der Waals surface area contributed by atoms with E-state index in [0.29, 0.717) is 24.3 Å². The molecule has 0 spiro atoms. The highest BCUT2D eigenvalue weighted by Crippen LogP contribution is 2.24. The fourth-order valence-corrected chi connectivity index (χ4v) is 5.07. The van der Waals surface area contributed by atoms with E-state index in [4.69, 9.17) is 0 Å². The van der Waals surface area contributed by atoms with Gasteiger partial charge in [-0.1, -0.05) is 42.0 Å². The molecule has 3 aromatic rings. The number of para-hydroxylation sites is 1. The van der Waals surface area contributed by atoms with E-state index in [0.717, 1.165) is 24.3 Å². The maximum Gasteiger partial charge on any atom is 0.264 e. The van der Waals surface area contributed by atoms with Crippen molar-refractivity contribution in [3.05, 3.63) is 90.0 Å². The van der Waals surface area contributed by atoms with Crippen LogP contribution in [0, 0.1) is 6.92 Å². The molecule has 0 saturated carbocycles. The normalized spacial score (nSPS) is 14.3. The Morgan fingerprint density at radius 1 is 0.844 bits per heavy atom. The number of carbonyl (C=O) groups excluding carboxylic acids is 1. The summed E-state index contributed by atoms with van der Waals surface area (Å²) in [4.78, 5) is 17.2. The van der Waals surface area contributed by atoms with E-state index < -0.39 is 10.0 Å². The Morgan fingerprint density at radius 2 is 1.50 bits per heavy atom. The lowest BCUT2D eigenvalue weighted by atomic mass is 10.1. The van der Waals surface area contributed by atoms with E-state index in [1.165, 1.54) is 23.5 Å². The van der Waals surface area contributed by atoms with Crippen molar-refractivity contribution >= 4 is 27.3 Å². The quantitative estimate of drug-likeness (QED) is 0.595. The zero-order chi connectivity index (χ0) is 22.7. The molecule has 166 valence electrons. The molecule has 1 fully saturated rings. The number of benzene rings is 3. The molecule has 4 rings (SSSR count).